The molecule has 0 spiro atoms. The van der Waals surface area contributed by atoms with Crippen LogP contribution in [-0.4, -0.2) is 27.1 Å². The highest BCUT2D eigenvalue weighted by Gasteiger charge is 2.21. The predicted octanol–water partition coefficient (Wildman–Crippen LogP) is -0.136. The molecule has 4 N–H and O–H groups in total. The highest BCUT2D eigenvalue weighted by atomic mass is 16.4. The number of nitrogens with two attached hydrogens (primary N) is 1. The number of carboxylic acids is 2. The van der Waals surface area contributed by atoms with E-state index < -0.39 is 18.0 Å². The Labute approximate surface area is 79.0 Å². The van der Waals surface area contributed by atoms with Crippen LogP contribution in [0.2, 0.25) is 0 Å². The molecule has 1 atom stereocenters. The molecule has 0 saturated carbocycles. The molecule has 14 heavy (non-hydrogen) atoms. The summed E-state index contributed by atoms with van der Waals surface area (Å²) in [6.07, 6.45) is 1.27. The average molecular weight is 196 g/mol. The van der Waals surface area contributed by atoms with E-state index in [1.54, 1.807) is 0 Å². The van der Waals surface area contributed by atoms with E-state index >= 15 is 0 Å². The minimum atomic E-state index is -1.37. The largest absolute Gasteiger partial charge is 0.480 e. The molecule has 0 aliphatic carbocycles. The van der Waals surface area contributed by atoms with Gasteiger partial charge >= 0.3 is 11.9 Å². The molecule has 1 rings (SSSR count). The van der Waals surface area contributed by atoms with Gasteiger partial charge in [0.15, 0.2) is 5.69 Å². The number of carbonyl (C=O) groups is 2. The van der Waals surface area contributed by atoms with Crippen molar-refractivity contribution in [2.75, 3.05) is 0 Å². The molecule has 0 amide bonds. The van der Waals surface area contributed by atoms with Crippen molar-refractivity contribution in [2.24, 2.45) is 5.73 Å². The summed E-state index contributed by atoms with van der Waals surface area (Å²) in [4.78, 5) is 24.7. The van der Waals surface area contributed by atoms with Gasteiger partial charge in [-0.3, -0.25) is 4.79 Å². The van der Waals surface area contributed by atoms with Crippen molar-refractivity contribution in [1.29, 1.82) is 0 Å². The lowest BCUT2D eigenvalue weighted by Crippen LogP contribution is -2.23. The maximum absolute atomic E-state index is 10.6. The molecule has 0 bridgehead atoms. The molecular formula is C8H8N2O4. The lowest BCUT2D eigenvalue weighted by molar-refractivity contribution is -0.138. The Bertz CT molecular complexity index is 377. The fraction of sp³-hybridized carbons (Fsp3) is 0.125. The number of rotatable bonds is 3. The third-order valence-electron chi connectivity index (χ3n) is 1.64. The van der Waals surface area contributed by atoms with Crippen LogP contribution in [-0.2, 0) is 4.79 Å². The van der Waals surface area contributed by atoms with E-state index in [1.165, 1.54) is 18.3 Å². The Balaban J connectivity index is 3.19. The molecule has 6 nitrogen and oxygen atoms in total. The van der Waals surface area contributed by atoms with Gasteiger partial charge in [-0.05, 0) is 6.07 Å². The second-order valence-corrected chi connectivity index (χ2v) is 2.56. The molecular weight excluding hydrogens is 188 g/mol. The number of carboxylic acid groups (broad SMARTS) is 2. The Morgan fingerprint density at radius 1 is 1.43 bits per heavy atom. The van der Waals surface area contributed by atoms with Crippen LogP contribution in [0.5, 0.6) is 0 Å². The maximum atomic E-state index is 10.6. The van der Waals surface area contributed by atoms with E-state index in [-0.39, 0.29) is 11.3 Å². The van der Waals surface area contributed by atoms with E-state index in [0.717, 1.165) is 0 Å². The molecule has 0 saturated heterocycles. The monoisotopic (exact) mass is 196 g/mol. The summed E-state index contributed by atoms with van der Waals surface area (Å²) < 4.78 is 0. The average Bonchev–Trinajstić information content (AvgIpc) is 2.16. The second kappa shape index (κ2) is 3.84. The van der Waals surface area contributed by atoms with E-state index in [2.05, 4.69) is 4.98 Å². The lowest BCUT2D eigenvalue weighted by atomic mass is 10.1. The minimum absolute atomic E-state index is 0.00694. The second-order valence-electron chi connectivity index (χ2n) is 2.56. The zero-order valence-electron chi connectivity index (χ0n) is 7.04. The topological polar surface area (TPSA) is 114 Å². The van der Waals surface area contributed by atoms with Crippen molar-refractivity contribution >= 4 is 11.9 Å². The van der Waals surface area contributed by atoms with Crippen LogP contribution in [0.25, 0.3) is 0 Å². The van der Waals surface area contributed by atoms with Crippen molar-refractivity contribution in [2.45, 2.75) is 6.04 Å². The van der Waals surface area contributed by atoms with Crippen LogP contribution in [0.3, 0.4) is 0 Å². The first kappa shape index (κ1) is 10.1. The number of aliphatic carboxylic acids is 1. The summed E-state index contributed by atoms with van der Waals surface area (Å²) >= 11 is 0. The number of hydrogen-bond donors (Lipinski definition) is 3. The van der Waals surface area contributed by atoms with Crippen LogP contribution < -0.4 is 5.73 Å². The number of hydrogen-bond acceptors (Lipinski definition) is 4. The van der Waals surface area contributed by atoms with Gasteiger partial charge in [0, 0.05) is 11.8 Å². The zero-order chi connectivity index (χ0) is 10.7. The fourth-order valence-corrected chi connectivity index (χ4v) is 0.980. The first-order chi connectivity index (χ1) is 6.54. The van der Waals surface area contributed by atoms with Gasteiger partial charge in [0.2, 0.25) is 0 Å². The third kappa shape index (κ3) is 1.86. The maximum Gasteiger partial charge on any atom is 0.354 e. The van der Waals surface area contributed by atoms with Gasteiger partial charge in [0.05, 0.1) is 0 Å². The fourth-order valence-electron chi connectivity index (χ4n) is 0.980. The number of aromatic nitrogens is 1. The molecule has 1 aromatic rings. The summed E-state index contributed by atoms with van der Waals surface area (Å²) in [6.45, 7) is 0. The van der Waals surface area contributed by atoms with Gasteiger partial charge < -0.3 is 15.9 Å². The van der Waals surface area contributed by atoms with Crippen molar-refractivity contribution in [3.8, 4) is 0 Å². The van der Waals surface area contributed by atoms with Crippen molar-refractivity contribution in [1.82, 2.24) is 4.98 Å². The summed E-state index contributed by atoms with van der Waals surface area (Å²) in [5, 5.41) is 17.3. The lowest BCUT2D eigenvalue weighted by Gasteiger charge is -2.08. The van der Waals surface area contributed by atoms with Gasteiger partial charge in [0.25, 0.3) is 0 Å². The Morgan fingerprint density at radius 3 is 2.57 bits per heavy atom. The molecule has 1 heterocycles. The third-order valence-corrected chi connectivity index (χ3v) is 1.64. The van der Waals surface area contributed by atoms with Gasteiger partial charge in [-0.25, -0.2) is 9.78 Å². The highest BCUT2D eigenvalue weighted by Crippen LogP contribution is 2.13. The Hall–Kier alpha value is -1.95. The standard InChI is InChI=1S/C8H8N2O4/c9-5(7(11)12)4-2-1-3-10-6(4)8(13)14/h1-3,5H,9H2,(H,11,12)(H,13,14). The van der Waals surface area contributed by atoms with E-state index in [0.29, 0.717) is 0 Å². The molecule has 0 radical (unpaired) electrons. The minimum Gasteiger partial charge on any atom is -0.480 e. The van der Waals surface area contributed by atoms with Crippen LogP contribution in [0, 0.1) is 0 Å². The SMILES string of the molecule is NC(C(=O)O)c1cccnc1C(=O)O. The summed E-state index contributed by atoms with van der Waals surface area (Å²) in [7, 11) is 0. The van der Waals surface area contributed by atoms with Crippen LogP contribution in [0.15, 0.2) is 18.3 Å². The van der Waals surface area contributed by atoms with E-state index in [1.807, 2.05) is 0 Å². The van der Waals surface area contributed by atoms with Gasteiger partial charge in [-0.2, -0.15) is 0 Å². The smallest absolute Gasteiger partial charge is 0.354 e. The molecule has 0 fully saturated rings. The number of nitrogens with zero attached hydrogens (tertiary/aromatic N) is 1. The predicted molar refractivity (Wildman–Crippen MR) is 45.8 cm³/mol. The van der Waals surface area contributed by atoms with E-state index in [9.17, 15) is 9.59 Å². The Morgan fingerprint density at radius 2 is 2.07 bits per heavy atom. The first-order valence-electron chi connectivity index (χ1n) is 3.70. The number of pyridine rings is 1. The first-order valence-corrected chi connectivity index (χ1v) is 3.70. The van der Waals surface area contributed by atoms with Gasteiger partial charge in [-0.1, -0.05) is 6.07 Å². The summed E-state index contributed by atoms with van der Waals surface area (Å²) in [5.41, 5.74) is 4.94. The van der Waals surface area contributed by atoms with Crippen LogP contribution >= 0.6 is 0 Å². The molecule has 0 aromatic carbocycles. The molecule has 1 aromatic heterocycles. The van der Waals surface area contributed by atoms with Crippen molar-refractivity contribution in [3.05, 3.63) is 29.6 Å². The summed E-state index contributed by atoms with van der Waals surface area (Å²) in [5.74, 6) is -2.59. The highest BCUT2D eigenvalue weighted by molar-refractivity contribution is 5.89. The van der Waals surface area contributed by atoms with Crippen molar-refractivity contribution < 1.29 is 19.8 Å². The van der Waals surface area contributed by atoms with Crippen LogP contribution in [0.4, 0.5) is 0 Å². The molecule has 0 aliphatic heterocycles. The van der Waals surface area contributed by atoms with Crippen molar-refractivity contribution in [3.63, 3.8) is 0 Å². The summed E-state index contributed by atoms with van der Waals surface area (Å²) in [6, 6.07) is 1.40. The molecule has 6 heteroatoms. The number of aromatic carboxylic acids is 1. The van der Waals surface area contributed by atoms with Gasteiger partial charge in [-0.15, -0.1) is 0 Å². The normalized spacial score (nSPS) is 12.1. The van der Waals surface area contributed by atoms with Crippen LogP contribution in [0.1, 0.15) is 22.1 Å². The molecule has 1 unspecified atom stereocenters. The zero-order valence-corrected chi connectivity index (χ0v) is 7.04. The van der Waals surface area contributed by atoms with E-state index in [4.69, 9.17) is 15.9 Å². The van der Waals surface area contributed by atoms with Gasteiger partial charge in [0.1, 0.15) is 6.04 Å². The Kier molecular flexibility index (Phi) is 2.78. The quantitative estimate of drug-likeness (QED) is 0.620. The molecule has 0 aliphatic rings. The molecule has 74 valence electrons.